The molecule has 5 rings (SSSR count). The highest BCUT2D eigenvalue weighted by Crippen LogP contribution is 2.40. The number of alkyl halides is 3. The number of pyridine rings is 1. The summed E-state index contributed by atoms with van der Waals surface area (Å²) < 4.78 is 81.3. The second-order valence-corrected chi connectivity index (χ2v) is 18.9. The lowest BCUT2D eigenvalue weighted by atomic mass is 9.93. The number of rotatable bonds is 22. The number of carbonyl (C=O) groups excluding carboxylic acids is 4. The Balaban J connectivity index is 1.14. The molecule has 69 heavy (non-hydrogen) atoms. The molecule has 0 saturated carbocycles. The molecule has 0 aliphatic heterocycles. The number of aryl methyl sites for hydroxylation is 1. The number of aromatic nitrogens is 1. The fraction of sp³-hybridized carbons (Fsp3) is 0.367. The number of fused-ring (bicyclic) bond motifs is 1. The number of sulfonamides is 1. The van der Waals surface area contributed by atoms with Crippen LogP contribution in [0.2, 0.25) is 0 Å². The van der Waals surface area contributed by atoms with Gasteiger partial charge in [0.2, 0.25) is 21.8 Å². The zero-order valence-corrected chi connectivity index (χ0v) is 40.1. The number of carbonyl (C=O) groups is 4. The zero-order valence-electron chi connectivity index (χ0n) is 39.3. The van der Waals surface area contributed by atoms with Crippen molar-refractivity contribution in [3.8, 4) is 22.6 Å². The maximum absolute atomic E-state index is 13.9. The van der Waals surface area contributed by atoms with Gasteiger partial charge in [0.25, 0.3) is 0 Å². The van der Waals surface area contributed by atoms with Crippen molar-refractivity contribution in [3.05, 3.63) is 114 Å². The predicted octanol–water partition coefficient (Wildman–Crippen LogP) is 7.72. The van der Waals surface area contributed by atoms with E-state index >= 15 is 0 Å². The third-order valence-corrected chi connectivity index (χ3v) is 12.7. The number of nitrogens with zero attached hydrogens (tertiary/aromatic N) is 2. The molecule has 5 amide bonds. The van der Waals surface area contributed by atoms with Crippen molar-refractivity contribution in [1.82, 2.24) is 30.6 Å². The van der Waals surface area contributed by atoms with E-state index in [0.29, 0.717) is 46.4 Å². The van der Waals surface area contributed by atoms with Crippen LogP contribution in [0.5, 0.6) is 11.5 Å². The average molecular weight is 977 g/mol. The topological polar surface area (TPSA) is 223 Å². The Morgan fingerprint density at radius 1 is 0.855 bits per heavy atom. The van der Waals surface area contributed by atoms with Crippen molar-refractivity contribution < 1.29 is 50.2 Å². The first kappa shape index (κ1) is 53.2. The summed E-state index contributed by atoms with van der Waals surface area (Å²) >= 11 is 0. The molecule has 4 aromatic carbocycles. The van der Waals surface area contributed by atoms with Crippen LogP contribution in [0, 0.1) is 5.92 Å². The molecule has 0 bridgehead atoms. The number of benzene rings is 4. The summed E-state index contributed by atoms with van der Waals surface area (Å²) in [4.78, 5) is 54.4. The molecular weight excluding hydrogens is 918 g/mol. The van der Waals surface area contributed by atoms with Crippen LogP contribution >= 0.6 is 0 Å². The highest BCUT2D eigenvalue weighted by molar-refractivity contribution is 7.89. The lowest BCUT2D eigenvalue weighted by Gasteiger charge is -2.27. The Kier molecular flexibility index (Phi) is 18.5. The summed E-state index contributed by atoms with van der Waals surface area (Å²) in [5.74, 6) is -0.332. The van der Waals surface area contributed by atoms with Gasteiger partial charge in [-0.25, -0.2) is 18.0 Å². The molecule has 2 atom stereocenters. The van der Waals surface area contributed by atoms with E-state index in [2.05, 4.69) is 31.6 Å². The molecule has 0 aliphatic carbocycles. The first-order valence-corrected chi connectivity index (χ1v) is 23.8. The van der Waals surface area contributed by atoms with Gasteiger partial charge in [-0.2, -0.15) is 17.5 Å². The second-order valence-electron chi connectivity index (χ2n) is 16.9. The van der Waals surface area contributed by atoms with Gasteiger partial charge in [-0.15, -0.1) is 0 Å². The van der Waals surface area contributed by atoms with Crippen molar-refractivity contribution in [2.45, 2.75) is 89.7 Å². The zero-order chi connectivity index (χ0) is 50.5. The van der Waals surface area contributed by atoms with Crippen LogP contribution in [0.3, 0.4) is 0 Å². The van der Waals surface area contributed by atoms with E-state index in [9.17, 15) is 40.8 Å². The fourth-order valence-corrected chi connectivity index (χ4v) is 8.57. The van der Waals surface area contributed by atoms with Crippen molar-refractivity contribution in [2.75, 3.05) is 32.0 Å². The van der Waals surface area contributed by atoms with Crippen LogP contribution < -0.4 is 37.1 Å². The first-order valence-electron chi connectivity index (χ1n) is 22.4. The monoisotopic (exact) mass is 976 g/mol. The maximum atomic E-state index is 13.9. The molecule has 0 saturated heterocycles. The molecule has 0 fully saturated rings. The number of ether oxygens (including phenoxy) is 2. The van der Waals surface area contributed by atoms with Gasteiger partial charge in [0.15, 0.2) is 0 Å². The third-order valence-electron chi connectivity index (χ3n) is 10.9. The molecule has 7 N–H and O–H groups in total. The van der Waals surface area contributed by atoms with Crippen LogP contribution in [-0.2, 0) is 43.6 Å². The number of nitrogens with one attached hydrogen (secondary N) is 5. The van der Waals surface area contributed by atoms with Crippen LogP contribution in [0.4, 0.5) is 28.4 Å². The molecule has 0 radical (unpaired) electrons. The number of urea groups is 1. The Bertz CT molecular complexity index is 2700. The van der Waals surface area contributed by atoms with E-state index in [1.165, 1.54) is 37.5 Å². The Hall–Kier alpha value is -6.77. The van der Waals surface area contributed by atoms with Gasteiger partial charge in [0.05, 0.1) is 22.0 Å². The van der Waals surface area contributed by atoms with Crippen LogP contribution in [-0.4, -0.2) is 86.5 Å². The number of alkyl carbamates (subject to hydrolysis) is 1. The first-order chi connectivity index (χ1) is 32.7. The highest BCUT2D eigenvalue weighted by atomic mass is 32.2. The summed E-state index contributed by atoms with van der Waals surface area (Å²) in [5, 5.41) is 14.2. The van der Waals surface area contributed by atoms with E-state index in [1.54, 1.807) is 60.7 Å². The number of hydrogen-bond donors (Lipinski definition) is 6. The number of likely N-dealkylation sites (N-methyl/N-ethyl adjacent to an activating group) is 1. The van der Waals surface area contributed by atoms with E-state index in [4.69, 9.17) is 15.2 Å². The van der Waals surface area contributed by atoms with Crippen molar-refractivity contribution in [1.29, 1.82) is 0 Å². The summed E-state index contributed by atoms with van der Waals surface area (Å²) in [6.07, 6.45) is -2.84. The Morgan fingerprint density at radius 2 is 1.54 bits per heavy atom. The number of anilines is 1. The predicted molar refractivity (Wildman–Crippen MR) is 257 cm³/mol. The lowest BCUT2D eigenvalue weighted by Crippen LogP contribution is -2.54. The SMILES string of the molecule is CCc1cnc2c(C(F)(F)F)cccc2c1-c1cccc(Oc2cccc(S(=O)(=O)N(C)CCNC(=O)OCc3ccc(NC(=O)[C@H](CCCNC(N)=O)NC(=O)[C@@H](NC(C)C)C(C)C)cc3)c2)c1. The van der Waals surface area contributed by atoms with Crippen molar-refractivity contribution >= 4 is 50.6 Å². The normalized spacial score (nSPS) is 12.7. The van der Waals surface area contributed by atoms with Crippen LogP contribution in [0.1, 0.15) is 64.2 Å². The minimum atomic E-state index is -4.60. The number of halogens is 3. The lowest BCUT2D eigenvalue weighted by molar-refractivity contribution is -0.136. The van der Waals surface area contributed by atoms with Gasteiger partial charge in [0, 0.05) is 56.1 Å². The molecule has 20 heteroatoms. The average Bonchev–Trinajstić information content (AvgIpc) is 3.30. The summed E-state index contributed by atoms with van der Waals surface area (Å²) in [7, 11) is -2.70. The van der Waals surface area contributed by atoms with E-state index < -0.39 is 51.9 Å². The minimum absolute atomic E-state index is 0.0259. The summed E-state index contributed by atoms with van der Waals surface area (Å²) in [5.41, 5.74) is 7.10. The molecular formula is C49H59F3N8O8S. The van der Waals surface area contributed by atoms with Crippen molar-refractivity contribution in [3.63, 3.8) is 0 Å². The van der Waals surface area contributed by atoms with Gasteiger partial charge < -0.3 is 41.8 Å². The number of nitrogens with two attached hydrogens (primary N) is 1. The molecule has 5 aromatic rings. The fourth-order valence-electron chi connectivity index (χ4n) is 7.36. The number of amides is 5. The standard InChI is InChI=1S/C49H59F3N8O8S/c1-7-33-28-56-44-39(16-10-17-40(44)49(50,51)52)42(33)34-12-8-13-36(26-34)68-37-14-9-15-38(27-37)69(65,66)60(6)25-24-55-48(64)67-29-32-19-21-35(22-20-32)58-45(61)41(18-11-23-54-47(53)63)59-46(62)43(30(2)3)57-31(4)5/h8-10,12-17,19-22,26-28,30-31,41,43,57H,7,11,18,23-25,29H2,1-6H3,(H,55,64)(H,58,61)(H,59,62)(H3,53,54,63)/t41-,43-/m0/s1. The van der Waals surface area contributed by atoms with E-state index in [0.717, 1.165) is 15.9 Å². The largest absolute Gasteiger partial charge is 0.457 e. The van der Waals surface area contributed by atoms with Crippen LogP contribution in [0.15, 0.2) is 102 Å². The number of primary amides is 1. The number of para-hydroxylation sites is 1. The Labute approximate surface area is 400 Å². The van der Waals surface area contributed by atoms with E-state index in [-0.39, 0.29) is 66.7 Å². The van der Waals surface area contributed by atoms with Gasteiger partial charge in [-0.05, 0) is 89.9 Å². The quantitative estimate of drug-likeness (QED) is 0.0371. The second kappa shape index (κ2) is 24.0. The third kappa shape index (κ3) is 14.9. The van der Waals surface area contributed by atoms with Crippen molar-refractivity contribution in [2.24, 2.45) is 11.7 Å². The molecule has 16 nitrogen and oxygen atoms in total. The Morgan fingerprint density at radius 3 is 2.19 bits per heavy atom. The molecule has 1 heterocycles. The van der Waals surface area contributed by atoms with E-state index in [1.807, 2.05) is 34.6 Å². The summed E-state index contributed by atoms with van der Waals surface area (Å²) in [6, 6.07) is 21.0. The van der Waals surface area contributed by atoms with Gasteiger partial charge >= 0.3 is 18.3 Å². The number of hydrogen-bond acceptors (Lipinski definition) is 10. The molecule has 1 aromatic heterocycles. The highest BCUT2D eigenvalue weighted by Gasteiger charge is 2.34. The van der Waals surface area contributed by atoms with Gasteiger partial charge in [0.1, 0.15) is 24.1 Å². The minimum Gasteiger partial charge on any atom is -0.457 e. The smallest absolute Gasteiger partial charge is 0.418 e. The molecule has 0 spiro atoms. The van der Waals surface area contributed by atoms with Gasteiger partial charge in [-0.3, -0.25) is 14.6 Å². The van der Waals surface area contributed by atoms with Gasteiger partial charge in [-0.1, -0.05) is 77.1 Å². The molecule has 0 unspecified atom stereocenters. The molecule has 0 aliphatic rings. The maximum Gasteiger partial charge on any atom is 0.418 e. The van der Waals surface area contributed by atoms with Crippen LogP contribution in [0.25, 0.3) is 22.0 Å². The summed E-state index contributed by atoms with van der Waals surface area (Å²) in [6.45, 7) is 9.42. The molecule has 370 valence electrons.